The minimum absolute atomic E-state index is 0. The lowest BCUT2D eigenvalue weighted by molar-refractivity contribution is -0.187. The van der Waals surface area contributed by atoms with Crippen LogP contribution < -0.4 is 5.32 Å². The first-order valence-corrected chi connectivity index (χ1v) is 6.00. The Balaban J connectivity index is 0.00000180. The summed E-state index contributed by atoms with van der Waals surface area (Å²) in [5, 5.41) is 2.94. The number of hydrogen-bond donors (Lipinski definition) is 1. The van der Waals surface area contributed by atoms with E-state index in [1.165, 1.54) is 23.2 Å². The van der Waals surface area contributed by atoms with Gasteiger partial charge >= 0.3 is 6.18 Å². The first-order chi connectivity index (χ1) is 8.50. The van der Waals surface area contributed by atoms with Crippen molar-refractivity contribution in [3.05, 3.63) is 29.0 Å². The van der Waals surface area contributed by atoms with Gasteiger partial charge in [0.05, 0.1) is 0 Å². The molecule has 3 nitrogen and oxygen atoms in total. The normalized spacial score (nSPS) is 17.8. The maximum Gasteiger partial charge on any atom is 0.408 e. The summed E-state index contributed by atoms with van der Waals surface area (Å²) in [6.07, 6.45) is -2.97. The Labute approximate surface area is 132 Å². The Bertz CT molecular complexity index is 411. The summed E-state index contributed by atoms with van der Waals surface area (Å²) in [6.45, 7) is 1.78. The lowest BCUT2D eigenvalue weighted by Gasteiger charge is -2.36. The van der Waals surface area contributed by atoms with Gasteiger partial charge in [-0.1, -0.05) is 17.7 Å². The maximum absolute atomic E-state index is 13.2. The molecule has 1 aliphatic rings. The van der Waals surface area contributed by atoms with Crippen LogP contribution in [-0.2, 0) is 0 Å². The monoisotopic (exact) mass is 351 g/mol. The zero-order valence-corrected chi connectivity index (χ0v) is 12.7. The summed E-state index contributed by atoms with van der Waals surface area (Å²) >= 11 is 5.79. The number of pyridine rings is 1. The van der Waals surface area contributed by atoms with Gasteiger partial charge in [-0.2, -0.15) is 13.2 Å². The van der Waals surface area contributed by atoms with Gasteiger partial charge in [-0.3, -0.25) is 4.90 Å². The van der Waals surface area contributed by atoms with Crippen LogP contribution in [0, 0.1) is 0 Å². The molecular weight excluding hydrogens is 337 g/mol. The quantitative estimate of drug-likeness (QED) is 0.829. The maximum atomic E-state index is 13.2. The molecular formula is C11H15Cl3F3N3. The fourth-order valence-electron chi connectivity index (χ4n) is 2.12. The van der Waals surface area contributed by atoms with E-state index in [2.05, 4.69) is 10.3 Å². The zero-order chi connectivity index (χ0) is 13.2. The molecule has 1 aromatic rings. The number of alkyl halides is 3. The highest BCUT2D eigenvalue weighted by Crippen LogP contribution is 2.39. The van der Waals surface area contributed by atoms with Crippen LogP contribution in [0.25, 0.3) is 0 Å². The van der Waals surface area contributed by atoms with Crippen molar-refractivity contribution in [2.45, 2.75) is 12.2 Å². The topological polar surface area (TPSA) is 28.2 Å². The molecule has 0 aromatic carbocycles. The average molecular weight is 353 g/mol. The number of rotatable bonds is 2. The van der Waals surface area contributed by atoms with Crippen LogP contribution in [0.15, 0.2) is 18.3 Å². The molecule has 9 heteroatoms. The van der Waals surface area contributed by atoms with Crippen LogP contribution >= 0.6 is 36.4 Å². The molecule has 2 rings (SSSR count). The van der Waals surface area contributed by atoms with Gasteiger partial charge in [-0.05, 0) is 6.07 Å². The van der Waals surface area contributed by atoms with Crippen molar-refractivity contribution in [1.29, 1.82) is 0 Å². The minimum atomic E-state index is -4.36. The highest BCUT2D eigenvalue weighted by atomic mass is 35.5. The largest absolute Gasteiger partial charge is 0.408 e. The fraction of sp³-hybridized carbons (Fsp3) is 0.545. The Morgan fingerprint density at radius 3 is 2.35 bits per heavy atom. The molecule has 1 aromatic heterocycles. The third-order valence-corrected chi connectivity index (χ3v) is 3.23. The molecule has 0 aliphatic carbocycles. The summed E-state index contributed by atoms with van der Waals surface area (Å²) in [4.78, 5) is 5.12. The molecule has 116 valence electrons. The van der Waals surface area contributed by atoms with Crippen LogP contribution in [0.2, 0.25) is 5.15 Å². The number of aromatic nitrogens is 1. The molecule has 0 radical (unpaired) electrons. The first kappa shape index (κ1) is 19.7. The van der Waals surface area contributed by atoms with Crippen molar-refractivity contribution in [2.24, 2.45) is 0 Å². The third-order valence-electron chi connectivity index (χ3n) is 2.91. The van der Waals surface area contributed by atoms with Crippen molar-refractivity contribution in [1.82, 2.24) is 15.2 Å². The van der Waals surface area contributed by atoms with E-state index in [4.69, 9.17) is 11.6 Å². The lowest BCUT2D eigenvalue weighted by Crippen LogP contribution is -2.49. The highest BCUT2D eigenvalue weighted by molar-refractivity contribution is 6.30. The van der Waals surface area contributed by atoms with Gasteiger partial charge in [0.25, 0.3) is 0 Å². The number of nitrogens with one attached hydrogen (secondary N) is 1. The van der Waals surface area contributed by atoms with E-state index in [1.54, 1.807) is 0 Å². The van der Waals surface area contributed by atoms with Crippen molar-refractivity contribution >= 4 is 36.4 Å². The zero-order valence-electron chi connectivity index (χ0n) is 10.4. The molecule has 1 atom stereocenters. The predicted octanol–water partition coefficient (Wildman–Crippen LogP) is 3.09. The summed E-state index contributed by atoms with van der Waals surface area (Å²) in [6, 6.07) is 1.18. The van der Waals surface area contributed by atoms with Crippen molar-refractivity contribution < 1.29 is 13.2 Å². The molecule has 0 saturated carbocycles. The first-order valence-electron chi connectivity index (χ1n) is 5.62. The van der Waals surface area contributed by atoms with Gasteiger partial charge in [0.15, 0.2) is 0 Å². The minimum Gasteiger partial charge on any atom is -0.314 e. The standard InChI is InChI=1S/C11H13ClF3N3.2ClH/c12-10-8(2-1-3-17-10)9(11(13,14)15)18-6-4-16-5-7-18;;/h1-3,9,16H,4-7H2;2*1H/t9-;;/m1../s1. The van der Waals surface area contributed by atoms with E-state index in [9.17, 15) is 13.2 Å². The van der Waals surface area contributed by atoms with Gasteiger partial charge in [0.1, 0.15) is 11.2 Å². The SMILES string of the molecule is Cl.Cl.FC(F)(F)[C@@H](c1cccnc1Cl)N1CCNCC1. The van der Waals surface area contributed by atoms with Crippen molar-refractivity contribution in [3.8, 4) is 0 Å². The molecule has 0 amide bonds. The lowest BCUT2D eigenvalue weighted by atomic mass is 10.1. The molecule has 1 N–H and O–H groups in total. The fourth-order valence-corrected chi connectivity index (χ4v) is 2.35. The Kier molecular flexibility index (Phi) is 8.13. The molecule has 1 fully saturated rings. The van der Waals surface area contributed by atoms with Crippen LogP contribution in [0.3, 0.4) is 0 Å². The van der Waals surface area contributed by atoms with Gasteiger partial charge in [-0.15, -0.1) is 24.8 Å². The number of hydrogen-bond acceptors (Lipinski definition) is 3. The van der Waals surface area contributed by atoms with Crippen LogP contribution in [0.4, 0.5) is 13.2 Å². The number of piperazine rings is 1. The number of nitrogens with zero attached hydrogens (tertiary/aromatic N) is 2. The highest BCUT2D eigenvalue weighted by Gasteiger charge is 2.45. The van der Waals surface area contributed by atoms with Crippen molar-refractivity contribution in [2.75, 3.05) is 26.2 Å². The number of halogens is 6. The Morgan fingerprint density at radius 2 is 1.85 bits per heavy atom. The molecule has 0 bridgehead atoms. The Morgan fingerprint density at radius 1 is 1.25 bits per heavy atom. The Hall–Kier alpha value is -0.270. The van der Waals surface area contributed by atoms with Crippen LogP contribution in [-0.4, -0.2) is 42.2 Å². The van der Waals surface area contributed by atoms with Crippen LogP contribution in [0.5, 0.6) is 0 Å². The second-order valence-corrected chi connectivity index (χ2v) is 4.47. The van der Waals surface area contributed by atoms with E-state index < -0.39 is 12.2 Å². The van der Waals surface area contributed by atoms with E-state index in [0.717, 1.165) is 0 Å². The molecule has 2 heterocycles. The van der Waals surface area contributed by atoms with E-state index >= 15 is 0 Å². The summed E-state index contributed by atoms with van der Waals surface area (Å²) < 4.78 is 39.7. The molecule has 0 spiro atoms. The molecule has 1 aliphatic heterocycles. The second-order valence-electron chi connectivity index (χ2n) is 4.11. The summed E-state index contributed by atoms with van der Waals surface area (Å²) in [5.41, 5.74) is 0.0218. The van der Waals surface area contributed by atoms with Gasteiger partial charge < -0.3 is 5.32 Å². The van der Waals surface area contributed by atoms with E-state index in [1.807, 2.05) is 0 Å². The smallest absolute Gasteiger partial charge is 0.314 e. The summed E-state index contributed by atoms with van der Waals surface area (Å²) in [7, 11) is 0. The molecule has 1 saturated heterocycles. The molecule has 20 heavy (non-hydrogen) atoms. The van der Waals surface area contributed by atoms with Crippen molar-refractivity contribution in [3.63, 3.8) is 0 Å². The predicted molar refractivity (Wildman–Crippen MR) is 77.0 cm³/mol. The van der Waals surface area contributed by atoms with E-state index in [0.29, 0.717) is 26.2 Å². The van der Waals surface area contributed by atoms with Gasteiger partial charge in [-0.25, -0.2) is 4.98 Å². The second kappa shape index (κ2) is 8.24. The average Bonchev–Trinajstić information content (AvgIpc) is 2.32. The van der Waals surface area contributed by atoms with Crippen LogP contribution in [0.1, 0.15) is 11.6 Å². The summed E-state index contributed by atoms with van der Waals surface area (Å²) in [5.74, 6) is 0. The molecule has 0 unspecified atom stereocenters. The third kappa shape index (κ3) is 4.63. The van der Waals surface area contributed by atoms with Gasteiger partial charge in [0.2, 0.25) is 0 Å². The van der Waals surface area contributed by atoms with Gasteiger partial charge in [0, 0.05) is 37.9 Å². The van der Waals surface area contributed by atoms with E-state index in [-0.39, 0.29) is 35.5 Å².